The molecule has 0 spiro atoms. The van der Waals surface area contributed by atoms with Crippen LogP contribution in [0, 0.1) is 23.7 Å². The third-order valence-electron chi connectivity index (χ3n) is 10.7. The van der Waals surface area contributed by atoms with Gasteiger partial charge in [-0.2, -0.15) is 0 Å². The number of fused-ring (bicyclic) bond motifs is 2. The average molecular weight is 650 g/mol. The van der Waals surface area contributed by atoms with E-state index in [1.54, 1.807) is 0 Å². The molecule has 5 N–H and O–H groups in total. The van der Waals surface area contributed by atoms with Crippen molar-refractivity contribution in [2.45, 2.75) is 64.0 Å². The number of imidazole rings is 2. The van der Waals surface area contributed by atoms with Crippen molar-refractivity contribution in [1.82, 2.24) is 30.2 Å². The fourth-order valence-corrected chi connectivity index (χ4v) is 8.28. The second kappa shape index (κ2) is 12.9. The van der Waals surface area contributed by atoms with Crippen molar-refractivity contribution in [1.29, 1.82) is 0 Å². The summed E-state index contributed by atoms with van der Waals surface area (Å²) in [5.74, 6) is 2.03. The lowest BCUT2D eigenvalue weighted by Crippen LogP contribution is -2.51. The van der Waals surface area contributed by atoms with E-state index in [1.165, 1.54) is 7.11 Å². The zero-order valence-corrected chi connectivity index (χ0v) is 27.6. The zero-order valence-electron chi connectivity index (χ0n) is 27.6. The fraction of sp³-hybridized carbons (Fsp3) is 0.432. The van der Waals surface area contributed by atoms with Gasteiger partial charge in [0.2, 0.25) is 11.8 Å². The number of carbonyl (C=O) groups excluding carboxylic acids is 3. The third kappa shape index (κ3) is 5.86. The molecule has 1 saturated heterocycles. The smallest absolute Gasteiger partial charge is 0.407 e. The van der Waals surface area contributed by atoms with E-state index in [0.717, 1.165) is 77.4 Å². The number of alkyl carbamates (subject to hydrolysis) is 1. The summed E-state index contributed by atoms with van der Waals surface area (Å²) in [5, 5.41) is 2.70. The van der Waals surface area contributed by atoms with Crippen LogP contribution in [0.5, 0.6) is 0 Å². The van der Waals surface area contributed by atoms with Gasteiger partial charge in [-0.15, -0.1) is 0 Å². The van der Waals surface area contributed by atoms with E-state index in [9.17, 15) is 14.4 Å². The Morgan fingerprint density at radius 2 is 1.42 bits per heavy atom. The molecule has 7 rings (SSSR count). The summed E-state index contributed by atoms with van der Waals surface area (Å²) < 4.78 is 4.75. The van der Waals surface area contributed by atoms with Crippen LogP contribution in [-0.4, -0.2) is 62.4 Å². The molecule has 11 heteroatoms. The molecule has 0 radical (unpaired) electrons. The molecular formula is C37H43N7O4. The number of ether oxygens (including phenoxy) is 1. The number of aromatic amines is 2. The van der Waals surface area contributed by atoms with Crippen molar-refractivity contribution < 1.29 is 19.1 Å². The van der Waals surface area contributed by atoms with Crippen LogP contribution in [-0.2, 0) is 14.3 Å². The number of methoxy groups -OCH3 is 1. The Kier molecular flexibility index (Phi) is 8.53. The normalized spacial score (nSPS) is 23.8. The molecular weight excluding hydrogens is 606 g/mol. The molecule has 11 nitrogen and oxygen atoms in total. The molecule has 2 bridgehead atoms. The summed E-state index contributed by atoms with van der Waals surface area (Å²) in [6.45, 7) is 4.42. The zero-order chi connectivity index (χ0) is 33.5. The summed E-state index contributed by atoms with van der Waals surface area (Å²) in [5.41, 5.74) is 11.8. The van der Waals surface area contributed by atoms with E-state index >= 15 is 0 Å². The Hall–Kier alpha value is -4.93. The van der Waals surface area contributed by atoms with Gasteiger partial charge in [0.05, 0.1) is 42.9 Å². The van der Waals surface area contributed by atoms with E-state index in [-0.39, 0.29) is 35.6 Å². The van der Waals surface area contributed by atoms with Crippen LogP contribution in [0.1, 0.15) is 69.6 Å². The number of primary amides is 1. The van der Waals surface area contributed by atoms with Gasteiger partial charge in [-0.25, -0.2) is 14.8 Å². The first-order valence-corrected chi connectivity index (χ1v) is 17.0. The van der Waals surface area contributed by atoms with E-state index in [0.29, 0.717) is 18.4 Å². The predicted octanol–water partition coefficient (Wildman–Crippen LogP) is 5.79. The standard InChI is InChI=1S/C37H43N7O4/c1-20(2)32(43-37(47)48-3)36(46)44-16-4-5-29(44)34-39-18-27(41-34)23-10-6-21(7-11-23)22-8-12-24(13-9-22)28-19-40-35(42-28)31-26-15-14-25(17-26)30(31)33(38)45/h6-13,18-20,25-26,29-32H,4-5,14-17H2,1-3H3,(H2,38,45)(H,39,41)(H,40,42)(H,43,47)/t25-,26+,29+,30-,31-,32?/m1/s1. The van der Waals surface area contributed by atoms with Gasteiger partial charge >= 0.3 is 6.09 Å². The minimum atomic E-state index is -0.672. The highest BCUT2D eigenvalue weighted by Crippen LogP contribution is 2.56. The molecule has 2 aromatic carbocycles. The van der Waals surface area contributed by atoms with Crippen molar-refractivity contribution in [3.63, 3.8) is 0 Å². The maximum atomic E-state index is 13.5. The predicted molar refractivity (Wildman–Crippen MR) is 181 cm³/mol. The van der Waals surface area contributed by atoms with Crippen molar-refractivity contribution in [3.8, 4) is 33.6 Å². The van der Waals surface area contributed by atoms with Gasteiger partial charge in [0.1, 0.15) is 17.7 Å². The van der Waals surface area contributed by atoms with Crippen LogP contribution in [0.15, 0.2) is 60.9 Å². The van der Waals surface area contributed by atoms with Gasteiger partial charge in [0.25, 0.3) is 0 Å². The van der Waals surface area contributed by atoms with E-state index in [4.69, 9.17) is 15.5 Å². The molecule has 250 valence electrons. The Morgan fingerprint density at radius 1 is 0.854 bits per heavy atom. The van der Waals surface area contributed by atoms with Gasteiger partial charge in [0, 0.05) is 12.5 Å². The van der Waals surface area contributed by atoms with Crippen LogP contribution >= 0.6 is 0 Å². The number of likely N-dealkylation sites (tertiary alicyclic amines) is 1. The first kappa shape index (κ1) is 31.7. The van der Waals surface area contributed by atoms with Crippen LogP contribution in [0.4, 0.5) is 4.79 Å². The first-order chi connectivity index (χ1) is 23.2. The maximum absolute atomic E-state index is 13.5. The molecule has 1 unspecified atom stereocenters. The average Bonchev–Trinajstić information content (AvgIpc) is 3.94. The number of rotatable bonds is 9. The van der Waals surface area contributed by atoms with Gasteiger partial charge in [-0.05, 0) is 72.1 Å². The molecule has 3 aliphatic rings. The minimum absolute atomic E-state index is 0.0888. The first-order valence-electron chi connectivity index (χ1n) is 17.0. The lowest BCUT2D eigenvalue weighted by atomic mass is 9.78. The number of amides is 3. The Bertz CT molecular complexity index is 1790. The van der Waals surface area contributed by atoms with Gasteiger partial charge in [0.15, 0.2) is 0 Å². The second-order valence-corrected chi connectivity index (χ2v) is 13.9. The van der Waals surface area contributed by atoms with Crippen LogP contribution in [0.2, 0.25) is 0 Å². The molecule has 2 saturated carbocycles. The third-order valence-corrected chi connectivity index (χ3v) is 10.7. The van der Waals surface area contributed by atoms with Crippen molar-refractivity contribution in [3.05, 3.63) is 72.6 Å². The number of benzene rings is 2. The van der Waals surface area contributed by atoms with Crippen molar-refractivity contribution in [2.24, 2.45) is 29.4 Å². The molecule has 3 fully saturated rings. The Labute approximate surface area is 280 Å². The SMILES string of the molecule is COC(=O)NC(C(=O)N1CCC[C@H]1c1ncc(-c2ccc(-c3ccc(-c4cnc([C@@H]5[C@H]6CC[C@H](C6)[C@H]5C(N)=O)[nH]4)cc3)cc2)[nH]1)C(C)C. The number of aromatic nitrogens is 4. The number of carbonyl (C=O) groups is 3. The topological polar surface area (TPSA) is 159 Å². The fourth-order valence-electron chi connectivity index (χ4n) is 8.28. The number of nitrogens with one attached hydrogen (secondary N) is 3. The van der Waals surface area contributed by atoms with Crippen LogP contribution in [0.3, 0.4) is 0 Å². The molecule has 2 aromatic heterocycles. The Morgan fingerprint density at radius 3 is 2.00 bits per heavy atom. The quantitative estimate of drug-likeness (QED) is 0.180. The van der Waals surface area contributed by atoms with Gasteiger partial charge in [-0.3, -0.25) is 9.59 Å². The highest BCUT2D eigenvalue weighted by atomic mass is 16.5. The number of hydrogen-bond donors (Lipinski definition) is 4. The number of hydrogen-bond acceptors (Lipinski definition) is 6. The Balaban J connectivity index is 1.02. The summed E-state index contributed by atoms with van der Waals surface area (Å²) in [4.78, 5) is 55.8. The lowest BCUT2D eigenvalue weighted by Gasteiger charge is -2.30. The summed E-state index contributed by atoms with van der Waals surface area (Å²) in [6.07, 6.45) is 8.02. The molecule has 4 aromatic rings. The van der Waals surface area contributed by atoms with E-state index in [2.05, 4.69) is 68.8 Å². The largest absolute Gasteiger partial charge is 0.453 e. The summed E-state index contributed by atoms with van der Waals surface area (Å²) in [6, 6.07) is 15.9. The number of H-pyrrole nitrogens is 2. The molecule has 3 amide bonds. The molecule has 1 aliphatic heterocycles. The van der Waals surface area contributed by atoms with Crippen LogP contribution in [0.25, 0.3) is 33.6 Å². The van der Waals surface area contributed by atoms with Gasteiger partial charge < -0.3 is 30.7 Å². The molecule has 48 heavy (non-hydrogen) atoms. The van der Waals surface area contributed by atoms with Gasteiger partial charge in [-0.1, -0.05) is 62.4 Å². The highest BCUT2D eigenvalue weighted by Gasteiger charge is 2.51. The van der Waals surface area contributed by atoms with Crippen molar-refractivity contribution in [2.75, 3.05) is 13.7 Å². The molecule has 2 aliphatic carbocycles. The molecule has 6 atom stereocenters. The second-order valence-electron chi connectivity index (χ2n) is 13.9. The highest BCUT2D eigenvalue weighted by molar-refractivity contribution is 5.86. The molecule has 3 heterocycles. The minimum Gasteiger partial charge on any atom is -0.453 e. The van der Waals surface area contributed by atoms with E-state index < -0.39 is 12.1 Å². The van der Waals surface area contributed by atoms with E-state index in [1.807, 2.05) is 31.1 Å². The maximum Gasteiger partial charge on any atom is 0.407 e. The number of nitrogens with zero attached hydrogens (tertiary/aromatic N) is 3. The summed E-state index contributed by atoms with van der Waals surface area (Å²) >= 11 is 0. The van der Waals surface area contributed by atoms with Crippen molar-refractivity contribution >= 4 is 17.9 Å². The lowest BCUT2D eigenvalue weighted by molar-refractivity contribution is -0.135. The van der Waals surface area contributed by atoms with Crippen LogP contribution < -0.4 is 11.1 Å². The summed E-state index contributed by atoms with van der Waals surface area (Å²) in [7, 11) is 1.29. The number of nitrogens with two attached hydrogens (primary N) is 1. The monoisotopic (exact) mass is 649 g/mol.